The van der Waals surface area contributed by atoms with Gasteiger partial charge in [-0.2, -0.15) is 0 Å². The Balaban J connectivity index is 0.00000112. The lowest BCUT2D eigenvalue weighted by Crippen LogP contribution is -2.08. The van der Waals surface area contributed by atoms with E-state index < -0.39 is 0 Å². The molecule has 0 amide bonds. The molecule has 2 aromatic rings. The second kappa shape index (κ2) is 4.79. The predicted molar refractivity (Wildman–Crippen MR) is 69.2 cm³/mol. The number of para-hydroxylation sites is 1. The summed E-state index contributed by atoms with van der Waals surface area (Å²) in [5, 5.41) is 1.14. The number of hydrogen-bond donors (Lipinski definition) is 2. The molecule has 15 heavy (non-hydrogen) atoms. The highest BCUT2D eigenvalue weighted by Crippen LogP contribution is 2.26. The van der Waals surface area contributed by atoms with Crippen LogP contribution in [0.5, 0.6) is 0 Å². The van der Waals surface area contributed by atoms with Crippen molar-refractivity contribution in [1.29, 1.82) is 0 Å². The highest BCUT2D eigenvalue weighted by atomic mass is 79.9. The number of rotatable bonds is 1. The first-order chi connectivity index (χ1) is 6.72. The van der Waals surface area contributed by atoms with Gasteiger partial charge in [0, 0.05) is 9.86 Å². The van der Waals surface area contributed by atoms with Gasteiger partial charge >= 0.3 is 0 Å². The molecule has 0 aliphatic carbocycles. The minimum absolute atomic E-state index is 0. The Morgan fingerprint density at radius 2 is 2.13 bits per heavy atom. The van der Waals surface area contributed by atoms with E-state index in [1.54, 1.807) is 0 Å². The molecule has 0 aliphatic rings. The minimum Gasteiger partial charge on any atom is -0.308 e. The predicted octanol–water partition coefficient (Wildman–Crippen LogP) is 3.01. The summed E-state index contributed by atoms with van der Waals surface area (Å²) in [5.41, 5.74) is 4.64. The van der Waals surface area contributed by atoms with Crippen molar-refractivity contribution in [3.63, 3.8) is 0 Å². The third-order valence-electron chi connectivity index (χ3n) is 2.14. The lowest BCUT2D eigenvalue weighted by Gasteiger charge is -2.06. The van der Waals surface area contributed by atoms with Gasteiger partial charge in [-0.05, 0) is 40.5 Å². The van der Waals surface area contributed by atoms with Crippen LogP contribution >= 0.6 is 28.3 Å². The first-order valence-electron chi connectivity index (χ1n) is 4.25. The Bertz CT molecular complexity index is 487. The molecular formula is C10H11BrClN3. The van der Waals surface area contributed by atoms with Gasteiger partial charge in [0.05, 0.1) is 5.52 Å². The molecule has 1 heterocycles. The van der Waals surface area contributed by atoms with Crippen molar-refractivity contribution in [2.45, 2.75) is 6.92 Å². The molecule has 3 nitrogen and oxygen atoms in total. The number of aromatic nitrogens is 1. The Labute approximate surface area is 103 Å². The molecule has 0 bridgehead atoms. The number of nitrogens with one attached hydrogen (secondary N) is 1. The van der Waals surface area contributed by atoms with Gasteiger partial charge in [-0.1, -0.05) is 12.1 Å². The molecule has 0 unspecified atom stereocenters. The molecule has 0 atom stereocenters. The van der Waals surface area contributed by atoms with Crippen molar-refractivity contribution in [3.05, 3.63) is 34.3 Å². The summed E-state index contributed by atoms with van der Waals surface area (Å²) in [5.74, 6) is 6.01. The smallest absolute Gasteiger partial charge is 0.140 e. The number of nitrogen functional groups attached to an aromatic ring is 1. The second-order valence-corrected chi connectivity index (χ2v) is 3.96. The zero-order valence-electron chi connectivity index (χ0n) is 8.12. The average Bonchev–Trinajstić information content (AvgIpc) is 2.19. The van der Waals surface area contributed by atoms with Gasteiger partial charge < -0.3 is 5.43 Å². The number of hydrogen-bond acceptors (Lipinski definition) is 3. The van der Waals surface area contributed by atoms with E-state index in [-0.39, 0.29) is 12.4 Å². The van der Waals surface area contributed by atoms with E-state index in [9.17, 15) is 0 Å². The van der Waals surface area contributed by atoms with Crippen LogP contribution in [0.2, 0.25) is 0 Å². The van der Waals surface area contributed by atoms with Crippen molar-refractivity contribution in [2.24, 2.45) is 5.84 Å². The maximum atomic E-state index is 5.33. The summed E-state index contributed by atoms with van der Waals surface area (Å²) in [6.45, 7) is 2.04. The maximum Gasteiger partial charge on any atom is 0.140 e. The molecule has 0 fully saturated rings. The molecule has 0 spiro atoms. The van der Waals surface area contributed by atoms with Gasteiger partial charge in [0.15, 0.2) is 0 Å². The van der Waals surface area contributed by atoms with Gasteiger partial charge in [-0.15, -0.1) is 12.4 Å². The van der Waals surface area contributed by atoms with Crippen LogP contribution in [0.3, 0.4) is 0 Å². The largest absolute Gasteiger partial charge is 0.308 e. The second-order valence-electron chi connectivity index (χ2n) is 3.10. The van der Waals surface area contributed by atoms with E-state index in [0.717, 1.165) is 20.9 Å². The van der Waals surface area contributed by atoms with E-state index in [1.165, 1.54) is 0 Å². The van der Waals surface area contributed by atoms with Crippen LogP contribution < -0.4 is 11.3 Å². The number of nitrogens with two attached hydrogens (primary N) is 1. The number of benzene rings is 1. The Hall–Kier alpha value is -0.840. The molecule has 3 N–H and O–H groups in total. The topological polar surface area (TPSA) is 50.9 Å². The number of anilines is 1. The number of nitrogens with zero attached hydrogens (tertiary/aromatic N) is 1. The first-order valence-corrected chi connectivity index (χ1v) is 5.04. The number of fused-ring (bicyclic) bond motifs is 1. The monoisotopic (exact) mass is 287 g/mol. The highest BCUT2D eigenvalue weighted by Gasteiger charge is 2.04. The molecular weight excluding hydrogens is 277 g/mol. The first kappa shape index (κ1) is 12.2. The lowest BCUT2D eigenvalue weighted by atomic mass is 10.1. The Morgan fingerprint density at radius 1 is 1.40 bits per heavy atom. The summed E-state index contributed by atoms with van der Waals surface area (Å²) in [6.07, 6.45) is 0. The number of pyridine rings is 1. The van der Waals surface area contributed by atoms with E-state index in [2.05, 4.69) is 26.3 Å². The third kappa shape index (κ3) is 2.22. The summed E-state index contributed by atoms with van der Waals surface area (Å²) >= 11 is 3.46. The quantitative estimate of drug-likeness (QED) is 0.626. The van der Waals surface area contributed by atoms with E-state index >= 15 is 0 Å². The lowest BCUT2D eigenvalue weighted by molar-refractivity contribution is 1.25. The van der Waals surface area contributed by atoms with Crippen molar-refractivity contribution >= 4 is 45.1 Å². The minimum atomic E-state index is 0. The fourth-order valence-electron chi connectivity index (χ4n) is 1.46. The summed E-state index contributed by atoms with van der Waals surface area (Å²) in [6, 6.07) is 7.93. The fraction of sp³-hybridized carbons (Fsp3) is 0.100. The van der Waals surface area contributed by atoms with Gasteiger partial charge in [-0.25, -0.2) is 10.8 Å². The molecule has 0 radical (unpaired) electrons. The normalized spacial score (nSPS) is 9.80. The van der Waals surface area contributed by atoms with E-state index in [4.69, 9.17) is 5.84 Å². The zero-order valence-corrected chi connectivity index (χ0v) is 10.5. The number of hydrazine groups is 1. The fourth-order valence-corrected chi connectivity index (χ4v) is 1.91. The van der Waals surface area contributed by atoms with Crippen LogP contribution in [0.1, 0.15) is 5.56 Å². The highest BCUT2D eigenvalue weighted by molar-refractivity contribution is 9.10. The molecule has 2 rings (SSSR count). The van der Waals surface area contributed by atoms with Crippen molar-refractivity contribution in [2.75, 3.05) is 5.43 Å². The summed E-state index contributed by atoms with van der Waals surface area (Å²) < 4.78 is 0.982. The summed E-state index contributed by atoms with van der Waals surface area (Å²) in [7, 11) is 0. The van der Waals surface area contributed by atoms with Crippen molar-refractivity contribution < 1.29 is 0 Å². The molecule has 80 valence electrons. The zero-order chi connectivity index (χ0) is 10.1. The molecule has 1 aromatic carbocycles. The van der Waals surface area contributed by atoms with Crippen LogP contribution in [0.4, 0.5) is 5.82 Å². The van der Waals surface area contributed by atoms with E-state index in [0.29, 0.717) is 5.82 Å². The van der Waals surface area contributed by atoms with Gasteiger partial charge in [0.1, 0.15) is 5.82 Å². The van der Waals surface area contributed by atoms with Crippen molar-refractivity contribution in [1.82, 2.24) is 4.98 Å². The molecule has 0 saturated carbocycles. The summed E-state index contributed by atoms with van der Waals surface area (Å²) in [4.78, 5) is 4.37. The van der Waals surface area contributed by atoms with Gasteiger partial charge in [0.2, 0.25) is 0 Å². The Morgan fingerprint density at radius 3 is 2.80 bits per heavy atom. The van der Waals surface area contributed by atoms with Crippen LogP contribution in [-0.2, 0) is 0 Å². The molecule has 0 saturated heterocycles. The molecule has 1 aromatic heterocycles. The SMILES string of the molecule is Cc1cc(NN)nc2c(Br)cccc12.Cl. The molecule has 5 heteroatoms. The maximum absolute atomic E-state index is 5.33. The van der Waals surface area contributed by atoms with E-state index in [1.807, 2.05) is 31.2 Å². The number of aryl methyl sites for hydroxylation is 1. The van der Waals surface area contributed by atoms with Crippen molar-refractivity contribution in [3.8, 4) is 0 Å². The molecule has 0 aliphatic heterocycles. The van der Waals surface area contributed by atoms with Crippen LogP contribution in [-0.4, -0.2) is 4.98 Å². The standard InChI is InChI=1S/C10H10BrN3.ClH/c1-6-5-9(14-12)13-10-7(6)3-2-4-8(10)11;/h2-5H,12H2,1H3,(H,13,14);1H. The van der Waals surface area contributed by atoms with Gasteiger partial charge in [-0.3, -0.25) is 0 Å². The average molecular weight is 289 g/mol. The van der Waals surface area contributed by atoms with Gasteiger partial charge in [0.25, 0.3) is 0 Å². The Kier molecular flexibility index (Phi) is 3.90. The third-order valence-corrected chi connectivity index (χ3v) is 2.78. The number of halogens is 2. The van der Waals surface area contributed by atoms with Crippen LogP contribution in [0.25, 0.3) is 10.9 Å². The van der Waals surface area contributed by atoms with Crippen LogP contribution in [0.15, 0.2) is 28.7 Å². The van der Waals surface area contributed by atoms with Crippen LogP contribution in [0, 0.1) is 6.92 Å².